The maximum absolute atomic E-state index is 13.7. The molecule has 1 saturated carbocycles. The number of piperazine rings is 1. The molecule has 2 atom stereocenters. The molecule has 2 bridgehead atoms. The number of rotatable bonds is 6. The number of hydrogen-bond acceptors (Lipinski definition) is 10. The van der Waals surface area contributed by atoms with Gasteiger partial charge in [-0.15, -0.1) is 22.7 Å². The van der Waals surface area contributed by atoms with Crippen LogP contribution in [0.3, 0.4) is 0 Å². The Morgan fingerprint density at radius 3 is 2.61 bits per heavy atom. The van der Waals surface area contributed by atoms with Crippen LogP contribution in [0.5, 0.6) is 5.88 Å². The lowest BCUT2D eigenvalue weighted by Gasteiger charge is -2.65. The normalized spacial score (nSPS) is 23.3. The number of carbonyl (C=O) groups is 1. The SMILES string of the molecule is COc1cc(N2CC34CC[C@](C2)(C3)N4C(=O)c2ccc(Nc3nc(-c4sc(C)nc4C)cs3)nc2)ccn1. The van der Waals surface area contributed by atoms with Crippen molar-refractivity contribution in [2.45, 2.75) is 44.2 Å². The van der Waals surface area contributed by atoms with Gasteiger partial charge in [0.05, 0.1) is 45.0 Å². The molecule has 0 radical (unpaired) electrons. The molecule has 194 valence electrons. The number of nitrogens with zero attached hydrogens (tertiary/aromatic N) is 6. The lowest BCUT2D eigenvalue weighted by atomic mass is 9.72. The number of ether oxygens (including phenoxy) is 1. The van der Waals surface area contributed by atoms with Crippen molar-refractivity contribution in [1.29, 1.82) is 0 Å². The molecule has 9 rings (SSSR count). The number of amides is 1. The van der Waals surface area contributed by atoms with E-state index in [2.05, 4.69) is 30.1 Å². The zero-order valence-electron chi connectivity index (χ0n) is 21.4. The number of nitrogens with one attached hydrogen (secondary N) is 1. The first kappa shape index (κ1) is 23.5. The Kier molecular flexibility index (Phi) is 5.25. The summed E-state index contributed by atoms with van der Waals surface area (Å²) in [6, 6.07) is 7.73. The predicted octanol–water partition coefficient (Wildman–Crippen LogP) is 5.06. The third-order valence-electron chi connectivity index (χ3n) is 8.01. The molecule has 1 amide bonds. The van der Waals surface area contributed by atoms with Gasteiger partial charge in [0.15, 0.2) is 5.13 Å². The van der Waals surface area contributed by atoms with Crippen LogP contribution in [0.4, 0.5) is 16.6 Å². The van der Waals surface area contributed by atoms with E-state index in [4.69, 9.17) is 9.72 Å². The van der Waals surface area contributed by atoms with Crippen molar-refractivity contribution in [2.24, 2.45) is 0 Å². The van der Waals surface area contributed by atoms with Crippen LogP contribution in [0, 0.1) is 13.8 Å². The first-order valence-corrected chi connectivity index (χ1v) is 14.3. The van der Waals surface area contributed by atoms with E-state index in [1.165, 1.54) is 11.3 Å². The number of carbonyl (C=O) groups excluding carboxylic acids is 1. The summed E-state index contributed by atoms with van der Waals surface area (Å²) in [6.07, 6.45) is 6.61. The van der Waals surface area contributed by atoms with E-state index in [1.54, 1.807) is 30.8 Å². The molecular weight excluding hydrogens is 518 g/mol. The number of aryl methyl sites for hydroxylation is 2. The molecule has 4 aromatic heterocycles. The molecule has 4 saturated heterocycles. The average Bonchev–Trinajstić information content (AvgIpc) is 3.65. The minimum atomic E-state index is -0.118. The van der Waals surface area contributed by atoms with Gasteiger partial charge in [-0.3, -0.25) is 4.79 Å². The Morgan fingerprint density at radius 2 is 1.92 bits per heavy atom. The summed E-state index contributed by atoms with van der Waals surface area (Å²) < 4.78 is 5.32. The van der Waals surface area contributed by atoms with Crippen molar-refractivity contribution in [1.82, 2.24) is 24.8 Å². The van der Waals surface area contributed by atoms with Crippen molar-refractivity contribution < 1.29 is 9.53 Å². The lowest BCUT2D eigenvalue weighted by Crippen LogP contribution is -2.79. The van der Waals surface area contributed by atoms with Gasteiger partial charge < -0.3 is 19.9 Å². The van der Waals surface area contributed by atoms with E-state index in [9.17, 15) is 4.79 Å². The van der Waals surface area contributed by atoms with Crippen molar-refractivity contribution in [3.8, 4) is 16.5 Å². The Morgan fingerprint density at radius 1 is 1.11 bits per heavy atom. The van der Waals surface area contributed by atoms with Crippen LogP contribution < -0.4 is 15.0 Å². The molecule has 1 aliphatic carbocycles. The quantitative estimate of drug-likeness (QED) is 0.359. The van der Waals surface area contributed by atoms with Crippen LogP contribution in [0.2, 0.25) is 0 Å². The Labute approximate surface area is 228 Å². The second-order valence-electron chi connectivity index (χ2n) is 10.4. The zero-order valence-corrected chi connectivity index (χ0v) is 23.0. The lowest BCUT2D eigenvalue weighted by molar-refractivity contribution is -0.0705. The smallest absolute Gasteiger partial charge is 0.256 e. The minimum absolute atomic E-state index is 0.0762. The second kappa shape index (κ2) is 8.47. The molecule has 9 nitrogen and oxygen atoms in total. The van der Waals surface area contributed by atoms with Gasteiger partial charge in [0.2, 0.25) is 5.88 Å². The second-order valence-corrected chi connectivity index (χ2v) is 12.5. The van der Waals surface area contributed by atoms with Crippen molar-refractivity contribution in [3.05, 3.63) is 58.3 Å². The first-order chi connectivity index (χ1) is 18.4. The van der Waals surface area contributed by atoms with E-state index in [-0.39, 0.29) is 17.0 Å². The van der Waals surface area contributed by atoms with Gasteiger partial charge in [-0.25, -0.2) is 19.9 Å². The Balaban J connectivity index is 1.06. The molecule has 11 heteroatoms. The van der Waals surface area contributed by atoms with E-state index >= 15 is 0 Å². The Bertz CT molecular complexity index is 1530. The van der Waals surface area contributed by atoms with Gasteiger partial charge in [-0.1, -0.05) is 0 Å². The number of pyridine rings is 2. The van der Waals surface area contributed by atoms with Crippen molar-refractivity contribution in [2.75, 3.05) is 30.4 Å². The van der Waals surface area contributed by atoms with Gasteiger partial charge >= 0.3 is 0 Å². The molecule has 38 heavy (non-hydrogen) atoms. The number of piperidine rings is 1. The van der Waals surface area contributed by atoms with E-state index < -0.39 is 0 Å². The first-order valence-electron chi connectivity index (χ1n) is 12.6. The maximum atomic E-state index is 13.7. The van der Waals surface area contributed by atoms with Crippen LogP contribution in [0.25, 0.3) is 10.6 Å². The number of fused-ring (bicyclic) bond motifs is 3. The average molecular weight is 546 g/mol. The third kappa shape index (κ3) is 3.59. The van der Waals surface area contributed by atoms with E-state index in [1.807, 2.05) is 43.5 Å². The summed E-state index contributed by atoms with van der Waals surface area (Å²) in [5.74, 6) is 1.35. The summed E-state index contributed by atoms with van der Waals surface area (Å²) in [6.45, 7) is 5.66. The number of methoxy groups -OCH3 is 1. The number of hydrogen-bond donors (Lipinski definition) is 1. The summed E-state index contributed by atoms with van der Waals surface area (Å²) in [5, 5.41) is 7.10. The highest BCUT2D eigenvalue weighted by Crippen LogP contribution is 2.62. The third-order valence-corrected chi connectivity index (χ3v) is 9.87. The molecule has 4 aliphatic heterocycles. The fourth-order valence-electron chi connectivity index (χ4n) is 6.58. The van der Waals surface area contributed by atoms with Gasteiger partial charge in [0.1, 0.15) is 5.82 Å². The Hall–Kier alpha value is -3.57. The zero-order chi connectivity index (χ0) is 26.1. The molecule has 5 aliphatic rings. The highest BCUT2D eigenvalue weighted by Gasteiger charge is 2.72. The van der Waals surface area contributed by atoms with Crippen LogP contribution in [0.15, 0.2) is 42.0 Å². The number of aromatic nitrogens is 4. The van der Waals surface area contributed by atoms with Crippen molar-refractivity contribution in [3.63, 3.8) is 0 Å². The van der Waals surface area contributed by atoms with Crippen LogP contribution in [-0.2, 0) is 0 Å². The standard InChI is InChI=1S/C27H27N7O2S2/c1-16-23(38-17(2)30-16)20-12-37-25(31-20)32-21-5-4-18(11-29-21)24(35)34-26-7-8-27(34,13-26)15-33(14-26)19-6-9-28-22(10-19)36-3/h4-6,9-12H,7-8,13-15H2,1-3H3,(H,29,31,32)/t26-,27?/m1/s1. The summed E-state index contributed by atoms with van der Waals surface area (Å²) >= 11 is 3.18. The molecule has 4 aromatic rings. The van der Waals surface area contributed by atoms with Gasteiger partial charge in [0, 0.05) is 42.6 Å². The largest absolute Gasteiger partial charge is 0.481 e. The van der Waals surface area contributed by atoms with Crippen LogP contribution >= 0.6 is 22.7 Å². The van der Waals surface area contributed by atoms with Gasteiger partial charge in [-0.05, 0) is 51.3 Å². The fourth-order valence-corrected chi connectivity index (χ4v) is 8.25. The molecule has 8 heterocycles. The number of thiazole rings is 2. The summed E-state index contributed by atoms with van der Waals surface area (Å²) in [5.41, 5.74) is 3.41. The minimum Gasteiger partial charge on any atom is -0.481 e. The topological polar surface area (TPSA) is 96.4 Å². The van der Waals surface area contributed by atoms with Gasteiger partial charge in [-0.2, -0.15) is 0 Å². The van der Waals surface area contributed by atoms with Crippen LogP contribution in [-0.4, -0.2) is 62.0 Å². The molecule has 0 spiro atoms. The molecular formula is C27H27N7O2S2. The maximum Gasteiger partial charge on any atom is 0.256 e. The van der Waals surface area contributed by atoms with E-state index in [0.29, 0.717) is 17.3 Å². The molecule has 1 N–H and O–H groups in total. The molecule has 5 fully saturated rings. The highest BCUT2D eigenvalue weighted by atomic mass is 32.1. The highest BCUT2D eigenvalue weighted by molar-refractivity contribution is 7.16. The monoisotopic (exact) mass is 545 g/mol. The fraction of sp³-hybridized carbons (Fsp3) is 0.370. The molecule has 1 unspecified atom stereocenters. The molecule has 0 aromatic carbocycles. The summed E-state index contributed by atoms with van der Waals surface area (Å²) in [7, 11) is 1.63. The van der Waals surface area contributed by atoms with Crippen molar-refractivity contribution >= 4 is 45.2 Å². The van der Waals surface area contributed by atoms with Gasteiger partial charge in [0.25, 0.3) is 5.91 Å². The predicted molar refractivity (Wildman–Crippen MR) is 149 cm³/mol. The van der Waals surface area contributed by atoms with E-state index in [0.717, 1.165) is 64.4 Å². The number of anilines is 3. The summed E-state index contributed by atoms with van der Waals surface area (Å²) in [4.78, 5) is 37.3. The van der Waals surface area contributed by atoms with Crippen LogP contribution in [0.1, 0.15) is 40.3 Å².